The van der Waals surface area contributed by atoms with Crippen LogP contribution in [0.1, 0.15) is 31.2 Å². The molecule has 3 aliphatic heterocycles. The lowest BCUT2D eigenvalue weighted by molar-refractivity contribution is 0.0299. The van der Waals surface area contributed by atoms with E-state index in [0.29, 0.717) is 35.1 Å². The van der Waals surface area contributed by atoms with Gasteiger partial charge in [0, 0.05) is 68.1 Å². The first-order valence-electron chi connectivity index (χ1n) is 15.4. The second-order valence-corrected chi connectivity index (χ2v) is 11.6. The quantitative estimate of drug-likeness (QED) is 0.268. The molecule has 2 amide bonds. The van der Waals surface area contributed by atoms with Crippen molar-refractivity contribution >= 4 is 29.3 Å². The molecule has 44 heavy (non-hydrogen) atoms. The van der Waals surface area contributed by atoms with Crippen LogP contribution in [0.25, 0.3) is 11.4 Å². The molecule has 0 radical (unpaired) electrons. The number of hydrogen-bond acceptors (Lipinski definition) is 9. The van der Waals surface area contributed by atoms with Gasteiger partial charge in [0.25, 0.3) is 0 Å². The summed E-state index contributed by atoms with van der Waals surface area (Å²) in [6.07, 6.45) is 7.93. The SMILES string of the molecule is O=C(Nc1ccncc1)Nc1ccc(-c2nc(N3CCC(NCc4ccccc4)CC3)nc(N3CC4CCC(C3)O4)n2)cc1. The molecular formula is C33H37N9O2. The van der Waals surface area contributed by atoms with Crippen LogP contribution in [0.2, 0.25) is 0 Å². The number of ether oxygens (including phenoxy) is 1. The number of nitrogens with zero attached hydrogens (tertiary/aromatic N) is 6. The smallest absolute Gasteiger partial charge is 0.323 e. The Hall–Kier alpha value is -4.61. The van der Waals surface area contributed by atoms with Gasteiger partial charge in [-0.1, -0.05) is 30.3 Å². The van der Waals surface area contributed by atoms with Gasteiger partial charge in [0.2, 0.25) is 11.9 Å². The number of rotatable bonds is 8. The topological polar surface area (TPSA) is 120 Å². The van der Waals surface area contributed by atoms with Gasteiger partial charge in [-0.2, -0.15) is 15.0 Å². The molecule has 226 valence electrons. The number of carbonyl (C=O) groups is 1. The molecule has 0 saturated carbocycles. The summed E-state index contributed by atoms with van der Waals surface area (Å²) in [7, 11) is 0. The van der Waals surface area contributed by atoms with E-state index in [4.69, 9.17) is 19.7 Å². The molecule has 2 bridgehead atoms. The summed E-state index contributed by atoms with van der Waals surface area (Å²) in [5, 5.41) is 9.40. The number of pyridine rings is 1. The monoisotopic (exact) mass is 591 g/mol. The van der Waals surface area contributed by atoms with Crippen molar-refractivity contribution in [2.75, 3.05) is 46.6 Å². The highest BCUT2D eigenvalue weighted by Gasteiger charge is 2.35. The summed E-state index contributed by atoms with van der Waals surface area (Å²) < 4.78 is 6.09. The molecule has 3 aliphatic rings. The summed E-state index contributed by atoms with van der Waals surface area (Å²) in [5.41, 5.74) is 3.51. The van der Waals surface area contributed by atoms with Crippen LogP contribution in [0.15, 0.2) is 79.1 Å². The van der Waals surface area contributed by atoms with Crippen LogP contribution in [-0.4, -0.2) is 70.4 Å². The number of carbonyl (C=O) groups excluding carboxylic acids is 1. The lowest BCUT2D eigenvalue weighted by Crippen LogP contribution is -2.45. The molecule has 4 aromatic rings. The molecule has 3 fully saturated rings. The number of fused-ring (bicyclic) bond motifs is 2. The molecular weight excluding hydrogens is 554 g/mol. The van der Waals surface area contributed by atoms with Gasteiger partial charge >= 0.3 is 6.03 Å². The van der Waals surface area contributed by atoms with Crippen molar-refractivity contribution in [3.8, 4) is 11.4 Å². The summed E-state index contributed by atoms with van der Waals surface area (Å²) in [5.74, 6) is 2.04. The Morgan fingerprint density at radius 3 is 2.07 bits per heavy atom. The fourth-order valence-corrected chi connectivity index (χ4v) is 6.12. The molecule has 7 rings (SSSR count). The van der Waals surface area contributed by atoms with Gasteiger partial charge in [-0.3, -0.25) is 4.98 Å². The first-order valence-corrected chi connectivity index (χ1v) is 15.4. The second kappa shape index (κ2) is 12.9. The molecule has 0 aliphatic carbocycles. The van der Waals surface area contributed by atoms with Crippen molar-refractivity contribution in [3.05, 3.63) is 84.7 Å². The number of nitrogens with one attached hydrogen (secondary N) is 3. The molecule has 11 heteroatoms. The van der Waals surface area contributed by atoms with Gasteiger partial charge in [-0.25, -0.2) is 4.79 Å². The largest absolute Gasteiger partial charge is 0.371 e. The maximum atomic E-state index is 12.5. The molecule has 3 saturated heterocycles. The van der Waals surface area contributed by atoms with E-state index in [0.717, 1.165) is 64.0 Å². The zero-order valence-corrected chi connectivity index (χ0v) is 24.6. The summed E-state index contributed by atoms with van der Waals surface area (Å²) in [6.45, 7) is 4.21. The van der Waals surface area contributed by atoms with Crippen LogP contribution in [0.4, 0.5) is 28.1 Å². The van der Waals surface area contributed by atoms with E-state index in [2.05, 4.69) is 61.1 Å². The highest BCUT2D eigenvalue weighted by molar-refractivity contribution is 5.99. The van der Waals surface area contributed by atoms with E-state index >= 15 is 0 Å². The Labute approximate surface area is 257 Å². The number of amides is 2. The Morgan fingerprint density at radius 1 is 0.750 bits per heavy atom. The summed E-state index contributed by atoms with van der Waals surface area (Å²) in [4.78, 5) is 35.9. The van der Waals surface area contributed by atoms with Crippen LogP contribution >= 0.6 is 0 Å². The van der Waals surface area contributed by atoms with Crippen molar-refractivity contribution < 1.29 is 9.53 Å². The number of anilines is 4. The zero-order valence-electron chi connectivity index (χ0n) is 24.6. The molecule has 5 heterocycles. The molecule has 2 aromatic heterocycles. The van der Waals surface area contributed by atoms with E-state index in [1.165, 1.54) is 5.56 Å². The average molecular weight is 592 g/mol. The van der Waals surface area contributed by atoms with Crippen LogP contribution in [0.5, 0.6) is 0 Å². The number of urea groups is 1. The first kappa shape index (κ1) is 28.2. The fourth-order valence-electron chi connectivity index (χ4n) is 6.12. The minimum Gasteiger partial charge on any atom is -0.371 e. The normalized spacial score (nSPS) is 20.0. The van der Waals surface area contributed by atoms with Crippen LogP contribution in [-0.2, 0) is 11.3 Å². The highest BCUT2D eigenvalue weighted by Crippen LogP contribution is 2.30. The second-order valence-electron chi connectivity index (χ2n) is 11.6. The van der Waals surface area contributed by atoms with E-state index in [9.17, 15) is 4.79 Å². The van der Waals surface area contributed by atoms with Crippen LogP contribution in [0, 0.1) is 0 Å². The predicted octanol–water partition coefficient (Wildman–Crippen LogP) is 4.70. The Balaban J connectivity index is 1.06. The Bertz CT molecular complexity index is 1540. The minimum atomic E-state index is -0.322. The minimum absolute atomic E-state index is 0.229. The number of hydrogen-bond donors (Lipinski definition) is 3. The summed E-state index contributed by atoms with van der Waals surface area (Å²) in [6, 6.07) is 21.8. The van der Waals surface area contributed by atoms with Gasteiger partial charge in [0.1, 0.15) is 0 Å². The van der Waals surface area contributed by atoms with Crippen LogP contribution < -0.4 is 25.8 Å². The number of benzene rings is 2. The maximum absolute atomic E-state index is 12.5. The lowest BCUT2D eigenvalue weighted by atomic mass is 10.0. The maximum Gasteiger partial charge on any atom is 0.323 e. The molecule has 2 atom stereocenters. The van der Waals surface area contributed by atoms with Crippen molar-refractivity contribution in [1.82, 2.24) is 25.3 Å². The molecule has 11 nitrogen and oxygen atoms in total. The Kier molecular flexibility index (Phi) is 8.29. The van der Waals surface area contributed by atoms with Crippen molar-refractivity contribution in [3.63, 3.8) is 0 Å². The van der Waals surface area contributed by atoms with Gasteiger partial charge in [0.15, 0.2) is 5.82 Å². The van der Waals surface area contributed by atoms with Crippen molar-refractivity contribution in [2.24, 2.45) is 0 Å². The third kappa shape index (κ3) is 6.79. The van der Waals surface area contributed by atoms with Gasteiger partial charge in [0.05, 0.1) is 12.2 Å². The molecule has 2 unspecified atom stereocenters. The van der Waals surface area contributed by atoms with E-state index in [-0.39, 0.29) is 18.2 Å². The van der Waals surface area contributed by atoms with E-state index < -0.39 is 0 Å². The van der Waals surface area contributed by atoms with Crippen molar-refractivity contribution in [2.45, 2.75) is 50.5 Å². The Morgan fingerprint density at radius 2 is 1.39 bits per heavy atom. The van der Waals surface area contributed by atoms with Gasteiger partial charge in [-0.15, -0.1) is 0 Å². The molecule has 2 aromatic carbocycles. The third-order valence-corrected chi connectivity index (χ3v) is 8.49. The van der Waals surface area contributed by atoms with Crippen molar-refractivity contribution in [1.29, 1.82) is 0 Å². The number of aromatic nitrogens is 4. The predicted molar refractivity (Wildman–Crippen MR) is 171 cm³/mol. The van der Waals surface area contributed by atoms with E-state index in [1.807, 2.05) is 24.3 Å². The van der Waals surface area contributed by atoms with Gasteiger partial charge in [-0.05, 0) is 67.6 Å². The van der Waals surface area contributed by atoms with Crippen LogP contribution in [0.3, 0.4) is 0 Å². The number of morpholine rings is 1. The first-order chi connectivity index (χ1) is 21.6. The van der Waals surface area contributed by atoms with Gasteiger partial charge < -0.3 is 30.5 Å². The standard InChI is InChI=1S/C33H37N9O2/c43-33(37-27-12-16-34-17-13-27)36-26-8-6-24(7-9-26)30-38-31(40-32(39-30)42-21-28-10-11-29(22-42)44-28)41-18-14-25(15-19-41)35-20-23-4-2-1-3-5-23/h1-9,12-13,16-17,25,28-29,35H,10-11,14-15,18-22H2,(H2,34,36,37,43). The summed E-state index contributed by atoms with van der Waals surface area (Å²) >= 11 is 0. The molecule has 3 N–H and O–H groups in total. The number of piperidine rings is 1. The third-order valence-electron chi connectivity index (χ3n) is 8.49. The zero-order chi connectivity index (χ0) is 29.7. The van der Waals surface area contributed by atoms with E-state index in [1.54, 1.807) is 24.5 Å². The highest BCUT2D eigenvalue weighted by atomic mass is 16.5. The average Bonchev–Trinajstić information content (AvgIpc) is 3.41. The fraction of sp³-hybridized carbons (Fsp3) is 0.364. The molecule has 0 spiro atoms. The lowest BCUT2D eigenvalue weighted by Gasteiger charge is -2.35.